The molecule has 10 heteroatoms. The number of aromatic nitrogens is 2. The van der Waals surface area contributed by atoms with Crippen LogP contribution in [0.1, 0.15) is 19.2 Å². The van der Waals surface area contributed by atoms with Crippen molar-refractivity contribution in [2.45, 2.75) is 31.7 Å². The summed E-state index contributed by atoms with van der Waals surface area (Å²) in [5, 5.41) is 6.12. The third-order valence-corrected chi connectivity index (χ3v) is 6.58. The average Bonchev–Trinajstić information content (AvgIpc) is 3.06. The first-order valence-corrected chi connectivity index (χ1v) is 12.0. The molecule has 0 unspecified atom stereocenters. The first-order chi connectivity index (χ1) is 14.9. The molecule has 1 aromatic heterocycles. The van der Waals surface area contributed by atoms with Crippen molar-refractivity contribution in [3.05, 3.63) is 60.2 Å². The van der Waals surface area contributed by atoms with Crippen molar-refractivity contribution in [2.24, 2.45) is 4.99 Å². The second kappa shape index (κ2) is 12.1. The van der Waals surface area contributed by atoms with Crippen LogP contribution >= 0.6 is 24.0 Å². The molecule has 0 saturated heterocycles. The van der Waals surface area contributed by atoms with Crippen LogP contribution in [0.4, 0.5) is 4.39 Å². The van der Waals surface area contributed by atoms with Crippen molar-refractivity contribution in [1.82, 2.24) is 20.2 Å². The maximum absolute atomic E-state index is 13.8. The highest BCUT2D eigenvalue weighted by Gasteiger charge is 2.18. The number of aliphatic imine (C=N–C) groups is 1. The maximum Gasteiger partial charge on any atom is 0.191 e. The summed E-state index contributed by atoms with van der Waals surface area (Å²) in [5.74, 6) is 0.552. The minimum atomic E-state index is -3.71. The molecule has 32 heavy (non-hydrogen) atoms. The number of nitrogens with zero attached hydrogens (tertiary/aromatic N) is 3. The van der Waals surface area contributed by atoms with Crippen molar-refractivity contribution in [3.63, 3.8) is 0 Å². The molecule has 0 amide bonds. The molecule has 2 N–H and O–H groups in total. The molecular weight excluding hydrogens is 544 g/mol. The van der Waals surface area contributed by atoms with E-state index in [-0.39, 0.29) is 41.2 Å². The third-order valence-electron chi connectivity index (χ3n) is 4.83. The molecule has 0 bridgehead atoms. The Hall–Kier alpha value is -2.21. The van der Waals surface area contributed by atoms with Crippen LogP contribution in [-0.4, -0.2) is 49.3 Å². The number of aryl methyl sites for hydroxylation is 2. The first-order valence-electron chi connectivity index (χ1n) is 10.3. The van der Waals surface area contributed by atoms with Crippen LogP contribution in [0.2, 0.25) is 0 Å². The minimum absolute atomic E-state index is 0. The molecule has 0 saturated carbocycles. The van der Waals surface area contributed by atoms with E-state index in [1.807, 2.05) is 32.0 Å². The van der Waals surface area contributed by atoms with E-state index in [1.54, 1.807) is 0 Å². The Bertz CT molecular complexity index is 1160. The smallest absolute Gasteiger partial charge is 0.191 e. The third kappa shape index (κ3) is 6.64. The fourth-order valence-corrected chi connectivity index (χ4v) is 4.59. The van der Waals surface area contributed by atoms with Crippen LogP contribution in [0.25, 0.3) is 11.0 Å². The molecule has 3 aromatic rings. The highest BCUT2D eigenvalue weighted by atomic mass is 127. The number of rotatable bonds is 9. The van der Waals surface area contributed by atoms with Gasteiger partial charge in [0.2, 0.25) is 0 Å². The van der Waals surface area contributed by atoms with Gasteiger partial charge in [-0.2, -0.15) is 0 Å². The zero-order valence-corrected chi connectivity index (χ0v) is 21.4. The van der Waals surface area contributed by atoms with E-state index < -0.39 is 15.7 Å². The SMILES string of the molecule is CCNC(=NCCCn1c(C)nc2ccccc21)NCCS(=O)(=O)c1ccccc1F.I. The fraction of sp³-hybridized carbons (Fsp3) is 0.364. The van der Waals surface area contributed by atoms with E-state index in [1.165, 1.54) is 18.2 Å². The molecular formula is C22H29FIN5O2S. The first kappa shape index (κ1) is 26.0. The predicted octanol–water partition coefficient (Wildman–Crippen LogP) is 3.52. The lowest BCUT2D eigenvalue weighted by molar-refractivity contribution is 0.566. The summed E-state index contributed by atoms with van der Waals surface area (Å²) < 4.78 is 40.7. The van der Waals surface area contributed by atoms with Gasteiger partial charge in [0.15, 0.2) is 15.8 Å². The number of imidazole rings is 1. The summed E-state index contributed by atoms with van der Waals surface area (Å²) in [4.78, 5) is 8.82. The number of sulfone groups is 1. The standard InChI is InChI=1S/C22H28FN5O2S.HI/c1-3-24-22(26-14-16-31(29,30)21-12-7-4-9-18(21)23)25-13-8-15-28-17(2)27-19-10-5-6-11-20(19)28;/h4-7,9-12H,3,8,13-16H2,1-2H3,(H2,24,25,26);1H. The highest BCUT2D eigenvalue weighted by Crippen LogP contribution is 2.16. The molecule has 1 heterocycles. The van der Waals surface area contributed by atoms with Crippen LogP contribution in [0.3, 0.4) is 0 Å². The maximum atomic E-state index is 13.8. The molecule has 0 atom stereocenters. The Balaban J connectivity index is 0.00000363. The van der Waals surface area contributed by atoms with Gasteiger partial charge in [-0.3, -0.25) is 4.99 Å². The second-order valence-corrected chi connectivity index (χ2v) is 9.17. The van der Waals surface area contributed by atoms with Gasteiger partial charge in [0, 0.05) is 26.2 Å². The topological polar surface area (TPSA) is 88.4 Å². The molecule has 0 aliphatic rings. The highest BCUT2D eigenvalue weighted by molar-refractivity contribution is 14.0. The molecule has 2 aromatic carbocycles. The van der Waals surface area contributed by atoms with Gasteiger partial charge in [0.05, 0.1) is 16.8 Å². The number of fused-ring (bicyclic) bond motifs is 1. The summed E-state index contributed by atoms with van der Waals surface area (Å²) in [6.07, 6.45) is 0.811. The van der Waals surface area contributed by atoms with Crippen LogP contribution in [0.5, 0.6) is 0 Å². The van der Waals surface area contributed by atoms with Gasteiger partial charge in [-0.25, -0.2) is 17.8 Å². The van der Waals surface area contributed by atoms with Gasteiger partial charge in [0.25, 0.3) is 0 Å². The Morgan fingerprint density at radius 3 is 2.59 bits per heavy atom. The number of guanidine groups is 1. The predicted molar refractivity (Wildman–Crippen MR) is 137 cm³/mol. The van der Waals surface area contributed by atoms with Crippen molar-refractivity contribution in [1.29, 1.82) is 0 Å². The van der Waals surface area contributed by atoms with Crippen molar-refractivity contribution in [3.8, 4) is 0 Å². The van der Waals surface area contributed by atoms with Gasteiger partial charge < -0.3 is 15.2 Å². The Morgan fingerprint density at radius 1 is 1.12 bits per heavy atom. The number of hydrogen-bond donors (Lipinski definition) is 2. The summed E-state index contributed by atoms with van der Waals surface area (Å²) in [6.45, 7) is 6.07. The molecule has 7 nitrogen and oxygen atoms in total. The van der Waals surface area contributed by atoms with Crippen LogP contribution < -0.4 is 10.6 Å². The van der Waals surface area contributed by atoms with E-state index >= 15 is 0 Å². The average molecular weight is 573 g/mol. The zero-order valence-electron chi connectivity index (χ0n) is 18.2. The summed E-state index contributed by atoms with van der Waals surface area (Å²) in [7, 11) is -3.71. The summed E-state index contributed by atoms with van der Waals surface area (Å²) >= 11 is 0. The van der Waals surface area contributed by atoms with E-state index in [9.17, 15) is 12.8 Å². The number of nitrogens with one attached hydrogen (secondary N) is 2. The molecule has 174 valence electrons. The Labute approximate surface area is 205 Å². The van der Waals surface area contributed by atoms with E-state index in [0.717, 1.165) is 35.9 Å². The number of para-hydroxylation sites is 2. The van der Waals surface area contributed by atoms with Gasteiger partial charge in [-0.05, 0) is 44.5 Å². The summed E-state index contributed by atoms with van der Waals surface area (Å²) in [5.41, 5.74) is 2.09. The van der Waals surface area contributed by atoms with Gasteiger partial charge in [-0.15, -0.1) is 24.0 Å². The number of benzene rings is 2. The van der Waals surface area contributed by atoms with Crippen LogP contribution in [-0.2, 0) is 16.4 Å². The fourth-order valence-electron chi connectivity index (χ4n) is 3.35. The van der Waals surface area contributed by atoms with E-state index in [4.69, 9.17) is 0 Å². The lowest BCUT2D eigenvalue weighted by atomic mass is 10.3. The lowest BCUT2D eigenvalue weighted by Gasteiger charge is -2.12. The summed E-state index contributed by atoms with van der Waals surface area (Å²) in [6, 6.07) is 13.4. The normalized spacial score (nSPS) is 11.9. The number of hydrogen-bond acceptors (Lipinski definition) is 4. The molecule has 0 aliphatic carbocycles. The van der Waals surface area contributed by atoms with Crippen LogP contribution in [0, 0.1) is 12.7 Å². The largest absolute Gasteiger partial charge is 0.357 e. The Kier molecular flexibility index (Phi) is 9.88. The minimum Gasteiger partial charge on any atom is -0.357 e. The van der Waals surface area contributed by atoms with Crippen molar-refractivity contribution >= 4 is 50.8 Å². The second-order valence-electron chi connectivity index (χ2n) is 7.09. The Morgan fingerprint density at radius 2 is 1.84 bits per heavy atom. The van der Waals surface area contributed by atoms with Crippen molar-refractivity contribution in [2.75, 3.05) is 25.4 Å². The number of halogens is 2. The monoisotopic (exact) mass is 573 g/mol. The zero-order chi connectivity index (χ0) is 22.3. The lowest BCUT2D eigenvalue weighted by Crippen LogP contribution is -2.39. The van der Waals surface area contributed by atoms with Crippen molar-refractivity contribution < 1.29 is 12.8 Å². The quantitative estimate of drug-likeness (QED) is 0.177. The molecule has 3 rings (SSSR count). The molecule has 0 spiro atoms. The van der Waals surface area contributed by atoms with Gasteiger partial charge >= 0.3 is 0 Å². The molecule has 0 radical (unpaired) electrons. The van der Waals surface area contributed by atoms with Gasteiger partial charge in [0.1, 0.15) is 16.5 Å². The van der Waals surface area contributed by atoms with Gasteiger partial charge in [-0.1, -0.05) is 24.3 Å². The van der Waals surface area contributed by atoms with E-state index in [0.29, 0.717) is 19.0 Å². The molecule has 0 aliphatic heterocycles. The van der Waals surface area contributed by atoms with E-state index in [2.05, 4.69) is 31.2 Å². The van der Waals surface area contributed by atoms with Crippen LogP contribution in [0.15, 0.2) is 58.4 Å². The molecule has 0 fully saturated rings.